The number of likely N-dealkylation sites (tertiary alicyclic amines) is 2. The number of nitrogens with zero attached hydrogens (tertiary/aromatic N) is 5. The number of hydrogen-bond acceptors (Lipinski definition) is 7. The SMILES string of the molecule is CCN(CC)C1CCC(C(=O)N2CCC[C@H]2c2ncc(-c3ccc(-c4ccc(-c5cnc([C@@H]6CCCN6C(=O)[C@@H](OC(=O)NC)C(C)C)[nH]5)cc4)cc3)[nH]2)CC1. The topological polar surface area (TPSA) is 140 Å². The Balaban J connectivity index is 0.970. The molecule has 12 nitrogen and oxygen atoms in total. The second kappa shape index (κ2) is 17.4. The van der Waals surface area contributed by atoms with Crippen LogP contribution >= 0.6 is 0 Å². The molecule has 4 aromatic rings. The summed E-state index contributed by atoms with van der Waals surface area (Å²) in [5.74, 6) is 1.69. The van der Waals surface area contributed by atoms with Gasteiger partial charge in [-0.3, -0.25) is 9.59 Å². The number of nitrogens with one attached hydrogen (secondary N) is 3. The number of hydrogen-bond donors (Lipinski definition) is 3. The Morgan fingerprint density at radius 2 is 1.23 bits per heavy atom. The average Bonchev–Trinajstić information content (AvgIpc) is 4.07. The summed E-state index contributed by atoms with van der Waals surface area (Å²) < 4.78 is 5.44. The van der Waals surface area contributed by atoms with Crippen molar-refractivity contribution < 1.29 is 19.1 Å². The van der Waals surface area contributed by atoms with Crippen LogP contribution in [-0.4, -0.2) is 97.9 Å². The number of imidazole rings is 2. The number of amides is 3. The standard InChI is InChI=1S/C44H58N8O4/c1-6-50(7-2)34-22-20-33(21-23-34)42(53)51-24-8-10-37(51)40-46-26-35(48-40)31-16-12-29(13-17-31)30-14-18-32(19-15-30)36-27-47-41(49-36)38-11-9-25-52(38)43(54)39(28(3)4)56-44(55)45-5/h12-19,26-28,33-34,37-39H,6-11,20-25H2,1-5H3,(H,45,55)(H,46,48)(H,47,49)/t33?,34?,37-,38-,39-/m0/s1. The normalized spacial score (nSPS) is 21.8. The quantitative estimate of drug-likeness (QED) is 0.134. The zero-order valence-corrected chi connectivity index (χ0v) is 33.6. The third-order valence-electron chi connectivity index (χ3n) is 12.3. The fourth-order valence-electron chi connectivity index (χ4n) is 9.09. The van der Waals surface area contributed by atoms with Crippen LogP contribution in [0.1, 0.15) is 103 Å². The zero-order valence-electron chi connectivity index (χ0n) is 33.6. The molecular weight excluding hydrogens is 705 g/mol. The molecular formula is C44H58N8O4. The predicted molar refractivity (Wildman–Crippen MR) is 217 cm³/mol. The highest BCUT2D eigenvalue weighted by molar-refractivity contribution is 5.84. The highest BCUT2D eigenvalue weighted by Gasteiger charge is 2.39. The van der Waals surface area contributed by atoms with Gasteiger partial charge in [-0.1, -0.05) is 76.2 Å². The second-order valence-electron chi connectivity index (χ2n) is 15.9. The van der Waals surface area contributed by atoms with E-state index in [0.717, 1.165) is 116 Å². The Hall–Kier alpha value is -4.97. The van der Waals surface area contributed by atoms with Crippen LogP contribution in [0.25, 0.3) is 33.6 Å². The molecule has 0 spiro atoms. The van der Waals surface area contributed by atoms with E-state index in [0.29, 0.717) is 18.5 Å². The number of carbonyl (C=O) groups excluding carboxylic acids is 3. The van der Waals surface area contributed by atoms with Gasteiger partial charge in [0.05, 0.1) is 35.9 Å². The molecule has 3 N–H and O–H groups in total. The largest absolute Gasteiger partial charge is 0.436 e. The van der Waals surface area contributed by atoms with Crippen molar-refractivity contribution >= 4 is 17.9 Å². The fraction of sp³-hybridized carbons (Fsp3) is 0.523. The number of benzene rings is 2. The van der Waals surface area contributed by atoms with Crippen LogP contribution in [0.4, 0.5) is 4.79 Å². The number of aromatic amines is 2. The number of ether oxygens (including phenoxy) is 1. The number of H-pyrrole nitrogens is 2. The lowest BCUT2D eigenvalue weighted by atomic mass is 9.84. The molecule has 4 heterocycles. The first-order chi connectivity index (χ1) is 27.2. The lowest BCUT2D eigenvalue weighted by Crippen LogP contribution is -2.45. The van der Waals surface area contributed by atoms with Gasteiger partial charge in [-0.05, 0) is 92.6 Å². The summed E-state index contributed by atoms with van der Waals surface area (Å²) in [4.78, 5) is 62.1. The monoisotopic (exact) mass is 762 g/mol. The van der Waals surface area contributed by atoms with E-state index >= 15 is 0 Å². The molecule has 7 rings (SSSR count). The van der Waals surface area contributed by atoms with E-state index in [-0.39, 0.29) is 29.8 Å². The van der Waals surface area contributed by atoms with Crippen LogP contribution in [0.3, 0.4) is 0 Å². The molecule has 298 valence electrons. The maximum absolute atomic E-state index is 13.8. The molecule has 2 saturated heterocycles. The first kappa shape index (κ1) is 39.3. The van der Waals surface area contributed by atoms with Crippen LogP contribution < -0.4 is 5.32 Å². The van der Waals surface area contributed by atoms with E-state index in [4.69, 9.17) is 9.72 Å². The third kappa shape index (κ3) is 8.26. The molecule has 0 bridgehead atoms. The van der Waals surface area contributed by atoms with Crippen molar-refractivity contribution in [1.29, 1.82) is 0 Å². The highest BCUT2D eigenvalue weighted by Crippen LogP contribution is 2.37. The van der Waals surface area contributed by atoms with Crippen LogP contribution in [-0.2, 0) is 14.3 Å². The summed E-state index contributed by atoms with van der Waals surface area (Å²) in [5.41, 5.74) is 6.09. The molecule has 2 aromatic heterocycles. The number of rotatable bonds is 12. The van der Waals surface area contributed by atoms with E-state index < -0.39 is 12.2 Å². The van der Waals surface area contributed by atoms with E-state index in [9.17, 15) is 14.4 Å². The van der Waals surface area contributed by atoms with E-state index in [1.165, 1.54) is 7.05 Å². The molecule has 0 radical (unpaired) electrons. The van der Waals surface area contributed by atoms with Crippen molar-refractivity contribution in [1.82, 2.24) is 40.0 Å². The first-order valence-electron chi connectivity index (χ1n) is 20.7. The molecule has 3 atom stereocenters. The molecule has 1 aliphatic carbocycles. The Labute approximate surface area is 330 Å². The molecule has 1 saturated carbocycles. The molecule has 2 aliphatic heterocycles. The van der Waals surface area contributed by atoms with Crippen molar-refractivity contribution in [2.24, 2.45) is 11.8 Å². The smallest absolute Gasteiger partial charge is 0.407 e. The molecule has 3 aliphatic rings. The summed E-state index contributed by atoms with van der Waals surface area (Å²) in [6, 6.07) is 17.3. The predicted octanol–water partition coefficient (Wildman–Crippen LogP) is 7.74. The van der Waals surface area contributed by atoms with Gasteiger partial charge in [0.2, 0.25) is 5.91 Å². The summed E-state index contributed by atoms with van der Waals surface area (Å²) in [6.07, 6.45) is 10.0. The van der Waals surface area contributed by atoms with Gasteiger partial charge in [-0.25, -0.2) is 14.8 Å². The zero-order chi connectivity index (χ0) is 39.3. The van der Waals surface area contributed by atoms with E-state index in [1.807, 2.05) is 26.2 Å². The van der Waals surface area contributed by atoms with Gasteiger partial charge in [0.1, 0.15) is 11.6 Å². The van der Waals surface area contributed by atoms with Crippen molar-refractivity contribution in [3.8, 4) is 33.6 Å². The minimum absolute atomic E-state index is 0.00665. The van der Waals surface area contributed by atoms with E-state index in [1.54, 1.807) is 4.90 Å². The number of carbonyl (C=O) groups is 3. The van der Waals surface area contributed by atoms with Crippen LogP contribution in [0.5, 0.6) is 0 Å². The maximum Gasteiger partial charge on any atom is 0.407 e. The van der Waals surface area contributed by atoms with Crippen molar-refractivity contribution in [3.63, 3.8) is 0 Å². The number of aromatic nitrogens is 4. The Bertz CT molecular complexity index is 1940. The lowest BCUT2D eigenvalue weighted by molar-refractivity contribution is -0.143. The van der Waals surface area contributed by atoms with Gasteiger partial charge in [0, 0.05) is 32.1 Å². The summed E-state index contributed by atoms with van der Waals surface area (Å²) in [7, 11) is 1.49. The molecule has 3 fully saturated rings. The van der Waals surface area contributed by atoms with Gasteiger partial charge in [0.25, 0.3) is 5.91 Å². The second-order valence-corrected chi connectivity index (χ2v) is 15.9. The maximum atomic E-state index is 13.8. The van der Waals surface area contributed by atoms with Gasteiger partial charge >= 0.3 is 6.09 Å². The summed E-state index contributed by atoms with van der Waals surface area (Å²) in [6.45, 7) is 11.8. The first-order valence-corrected chi connectivity index (χ1v) is 20.7. The highest BCUT2D eigenvalue weighted by atomic mass is 16.6. The number of alkyl carbamates (subject to hydrolysis) is 1. The fourth-order valence-corrected chi connectivity index (χ4v) is 9.09. The molecule has 2 aromatic carbocycles. The van der Waals surface area contributed by atoms with Gasteiger partial charge < -0.3 is 34.7 Å². The van der Waals surface area contributed by atoms with Crippen LogP contribution in [0.2, 0.25) is 0 Å². The average molecular weight is 763 g/mol. The Morgan fingerprint density at radius 3 is 1.71 bits per heavy atom. The van der Waals surface area contributed by atoms with Gasteiger partial charge in [-0.2, -0.15) is 0 Å². The molecule has 0 unspecified atom stereocenters. The summed E-state index contributed by atoms with van der Waals surface area (Å²) >= 11 is 0. The van der Waals surface area contributed by atoms with Crippen molar-refractivity contribution in [2.75, 3.05) is 33.2 Å². The van der Waals surface area contributed by atoms with Gasteiger partial charge in [-0.15, -0.1) is 0 Å². The van der Waals surface area contributed by atoms with Crippen molar-refractivity contribution in [3.05, 3.63) is 72.6 Å². The Kier molecular flexibility index (Phi) is 12.2. The minimum atomic E-state index is -0.860. The summed E-state index contributed by atoms with van der Waals surface area (Å²) in [5, 5.41) is 2.45. The van der Waals surface area contributed by atoms with Crippen LogP contribution in [0, 0.1) is 11.8 Å². The molecule has 3 amide bonds. The Morgan fingerprint density at radius 1 is 0.750 bits per heavy atom. The molecule has 56 heavy (non-hydrogen) atoms. The van der Waals surface area contributed by atoms with E-state index in [2.05, 4.69) is 92.4 Å². The van der Waals surface area contributed by atoms with Gasteiger partial charge in [0.15, 0.2) is 6.10 Å². The third-order valence-corrected chi connectivity index (χ3v) is 12.3. The lowest BCUT2D eigenvalue weighted by Gasteiger charge is -2.37. The van der Waals surface area contributed by atoms with Crippen molar-refractivity contribution in [2.45, 2.75) is 103 Å². The molecule has 12 heteroatoms. The minimum Gasteiger partial charge on any atom is -0.436 e. The van der Waals surface area contributed by atoms with Crippen LogP contribution in [0.15, 0.2) is 60.9 Å².